The van der Waals surface area contributed by atoms with Crippen molar-refractivity contribution in [3.63, 3.8) is 0 Å². The van der Waals surface area contributed by atoms with E-state index in [2.05, 4.69) is 5.32 Å². The molecule has 102 valence electrons. The molecule has 1 unspecified atom stereocenters. The predicted molar refractivity (Wildman–Crippen MR) is 81.0 cm³/mol. The molecule has 5 heteroatoms. The molecule has 19 heavy (non-hydrogen) atoms. The highest BCUT2D eigenvalue weighted by Crippen LogP contribution is 2.34. The van der Waals surface area contributed by atoms with Crippen LogP contribution in [-0.2, 0) is 6.42 Å². The number of nitrogens with one attached hydrogen (secondary N) is 1. The Labute approximate surface area is 126 Å². The summed E-state index contributed by atoms with van der Waals surface area (Å²) in [5, 5.41) is 6.52. The summed E-state index contributed by atoms with van der Waals surface area (Å²) in [4.78, 5) is 1.09. The van der Waals surface area contributed by atoms with Gasteiger partial charge in [-0.1, -0.05) is 29.3 Å². The molecule has 2 aromatic rings. The molecule has 1 aromatic carbocycles. The fourth-order valence-electron chi connectivity index (χ4n) is 1.92. The van der Waals surface area contributed by atoms with Crippen molar-refractivity contribution in [1.82, 2.24) is 5.32 Å². The summed E-state index contributed by atoms with van der Waals surface area (Å²) in [5.74, 6) is -0.320. The molecule has 1 atom stereocenters. The van der Waals surface area contributed by atoms with Gasteiger partial charge in [0.05, 0.1) is 5.02 Å². The van der Waals surface area contributed by atoms with Crippen molar-refractivity contribution in [1.29, 1.82) is 0 Å². The van der Waals surface area contributed by atoms with E-state index in [4.69, 9.17) is 23.2 Å². The number of likely N-dealkylation sites (N-methyl/N-ethyl adjacent to an activating group) is 1. The molecule has 0 aliphatic carbocycles. The SMILES string of the molecule is CNC(Cc1ccc(F)cc1Cl)c1scc(C)c1Cl. The molecule has 0 aliphatic heterocycles. The van der Waals surface area contributed by atoms with Gasteiger partial charge in [0.15, 0.2) is 0 Å². The van der Waals surface area contributed by atoms with Crippen molar-refractivity contribution in [2.45, 2.75) is 19.4 Å². The molecule has 0 fully saturated rings. The Kier molecular flexibility index (Phi) is 4.85. The van der Waals surface area contributed by atoms with Gasteiger partial charge < -0.3 is 5.32 Å². The van der Waals surface area contributed by atoms with E-state index in [9.17, 15) is 4.39 Å². The summed E-state index contributed by atoms with van der Waals surface area (Å²) in [5.41, 5.74) is 1.98. The van der Waals surface area contributed by atoms with E-state index in [1.165, 1.54) is 12.1 Å². The van der Waals surface area contributed by atoms with Crippen LogP contribution in [0, 0.1) is 12.7 Å². The van der Waals surface area contributed by atoms with E-state index in [1.807, 2.05) is 19.4 Å². The van der Waals surface area contributed by atoms with Crippen LogP contribution >= 0.6 is 34.5 Å². The first kappa shape index (κ1) is 14.8. The van der Waals surface area contributed by atoms with Crippen LogP contribution in [-0.4, -0.2) is 7.05 Å². The van der Waals surface area contributed by atoms with Gasteiger partial charge in [0.25, 0.3) is 0 Å². The Morgan fingerprint density at radius 3 is 2.63 bits per heavy atom. The number of thiophene rings is 1. The van der Waals surface area contributed by atoms with Gasteiger partial charge in [-0.15, -0.1) is 11.3 Å². The molecule has 1 nitrogen and oxygen atoms in total. The monoisotopic (exact) mass is 317 g/mol. The van der Waals surface area contributed by atoms with Crippen molar-refractivity contribution < 1.29 is 4.39 Å². The first-order chi connectivity index (χ1) is 9.02. The van der Waals surface area contributed by atoms with Crippen molar-refractivity contribution >= 4 is 34.5 Å². The molecular weight excluding hydrogens is 304 g/mol. The second-order valence-corrected chi connectivity index (χ2v) is 6.07. The van der Waals surface area contributed by atoms with Gasteiger partial charge in [0.1, 0.15) is 5.82 Å². The number of halogens is 3. The Morgan fingerprint density at radius 1 is 1.37 bits per heavy atom. The Bertz CT molecular complexity index is 583. The molecule has 1 N–H and O–H groups in total. The molecule has 0 saturated heterocycles. The van der Waals surface area contributed by atoms with Gasteiger partial charge in [-0.05, 0) is 49.0 Å². The first-order valence-electron chi connectivity index (χ1n) is 5.87. The smallest absolute Gasteiger partial charge is 0.124 e. The van der Waals surface area contributed by atoms with Crippen molar-refractivity contribution in [2.24, 2.45) is 0 Å². The second-order valence-electron chi connectivity index (χ2n) is 4.38. The number of benzene rings is 1. The zero-order valence-corrected chi connectivity index (χ0v) is 13.0. The Balaban J connectivity index is 2.26. The fourth-order valence-corrected chi connectivity index (χ4v) is 3.60. The average Bonchev–Trinajstić information content (AvgIpc) is 2.70. The highest BCUT2D eigenvalue weighted by atomic mass is 35.5. The third kappa shape index (κ3) is 3.29. The standard InChI is InChI=1S/C14H14Cl2FNS/c1-8-7-19-14(13(8)16)12(18-2)5-9-3-4-10(17)6-11(9)15/h3-4,6-7,12,18H,5H2,1-2H3. The first-order valence-corrected chi connectivity index (χ1v) is 7.51. The normalized spacial score (nSPS) is 12.7. The summed E-state index contributed by atoms with van der Waals surface area (Å²) in [6, 6.07) is 4.56. The van der Waals surface area contributed by atoms with Gasteiger partial charge >= 0.3 is 0 Å². The molecule has 0 saturated carbocycles. The van der Waals surface area contributed by atoms with E-state index < -0.39 is 0 Å². The van der Waals surface area contributed by atoms with E-state index >= 15 is 0 Å². The maximum Gasteiger partial charge on any atom is 0.124 e. The summed E-state index contributed by atoms with van der Waals surface area (Å²) >= 11 is 14.0. The summed E-state index contributed by atoms with van der Waals surface area (Å²) < 4.78 is 13.0. The number of aryl methyl sites for hydroxylation is 1. The van der Waals surface area contributed by atoms with Crippen molar-refractivity contribution in [3.05, 3.63) is 55.4 Å². The van der Waals surface area contributed by atoms with Gasteiger partial charge in [-0.2, -0.15) is 0 Å². The minimum atomic E-state index is -0.320. The fraction of sp³-hybridized carbons (Fsp3) is 0.286. The molecule has 0 amide bonds. The Hall–Kier alpha value is -0.610. The lowest BCUT2D eigenvalue weighted by Crippen LogP contribution is -2.18. The summed E-state index contributed by atoms with van der Waals surface area (Å²) in [7, 11) is 1.88. The molecular formula is C14H14Cl2FNS. The predicted octanol–water partition coefficient (Wildman–Crippen LogP) is 5.01. The minimum Gasteiger partial charge on any atom is -0.312 e. The molecule has 2 rings (SSSR count). The van der Waals surface area contributed by atoms with Crippen LogP contribution in [0.4, 0.5) is 4.39 Å². The van der Waals surface area contributed by atoms with E-state index in [1.54, 1.807) is 17.4 Å². The van der Waals surface area contributed by atoms with Crippen LogP contribution in [0.1, 0.15) is 22.0 Å². The molecule has 1 aromatic heterocycles. The van der Waals surface area contributed by atoms with Crippen LogP contribution in [0.3, 0.4) is 0 Å². The van der Waals surface area contributed by atoms with E-state index in [0.717, 1.165) is 21.0 Å². The zero-order valence-electron chi connectivity index (χ0n) is 10.6. The lowest BCUT2D eigenvalue weighted by molar-refractivity contribution is 0.598. The van der Waals surface area contributed by atoms with Gasteiger partial charge in [0, 0.05) is 15.9 Å². The van der Waals surface area contributed by atoms with E-state index in [0.29, 0.717) is 11.4 Å². The highest BCUT2D eigenvalue weighted by Gasteiger charge is 2.18. The molecule has 0 bridgehead atoms. The van der Waals surface area contributed by atoms with Crippen molar-refractivity contribution in [2.75, 3.05) is 7.05 Å². The van der Waals surface area contributed by atoms with Crippen LogP contribution in [0.2, 0.25) is 10.0 Å². The zero-order chi connectivity index (χ0) is 14.0. The summed E-state index contributed by atoms with van der Waals surface area (Å²) in [6.07, 6.45) is 0.676. The minimum absolute atomic E-state index is 0.0779. The van der Waals surface area contributed by atoms with Gasteiger partial charge in [0.2, 0.25) is 0 Å². The summed E-state index contributed by atoms with van der Waals surface area (Å²) in [6.45, 7) is 1.99. The van der Waals surface area contributed by atoms with Crippen LogP contribution in [0.5, 0.6) is 0 Å². The maximum absolute atomic E-state index is 13.0. The number of hydrogen-bond acceptors (Lipinski definition) is 2. The Morgan fingerprint density at radius 2 is 2.11 bits per heavy atom. The second kappa shape index (κ2) is 6.23. The van der Waals surface area contributed by atoms with Crippen LogP contribution in [0.25, 0.3) is 0 Å². The van der Waals surface area contributed by atoms with Crippen LogP contribution < -0.4 is 5.32 Å². The maximum atomic E-state index is 13.0. The molecule has 1 heterocycles. The number of rotatable bonds is 4. The number of hydrogen-bond donors (Lipinski definition) is 1. The molecule has 0 aliphatic rings. The van der Waals surface area contributed by atoms with Gasteiger partial charge in [-0.25, -0.2) is 4.39 Å². The quantitative estimate of drug-likeness (QED) is 0.836. The third-order valence-corrected chi connectivity index (χ3v) is 5.21. The topological polar surface area (TPSA) is 12.0 Å². The lowest BCUT2D eigenvalue weighted by Gasteiger charge is -2.16. The largest absolute Gasteiger partial charge is 0.312 e. The molecule has 0 radical (unpaired) electrons. The third-order valence-electron chi connectivity index (χ3n) is 3.03. The highest BCUT2D eigenvalue weighted by molar-refractivity contribution is 7.10. The van der Waals surface area contributed by atoms with Crippen molar-refractivity contribution in [3.8, 4) is 0 Å². The van der Waals surface area contributed by atoms with Crippen LogP contribution in [0.15, 0.2) is 23.6 Å². The van der Waals surface area contributed by atoms with Gasteiger partial charge in [-0.3, -0.25) is 0 Å². The van der Waals surface area contributed by atoms with E-state index in [-0.39, 0.29) is 11.9 Å². The average molecular weight is 318 g/mol. The molecule has 0 spiro atoms. The lowest BCUT2D eigenvalue weighted by atomic mass is 10.0.